The number of para-hydroxylation sites is 3. The number of thioether (sulfide) groups is 1. The van der Waals surface area contributed by atoms with Gasteiger partial charge in [-0.2, -0.15) is 0 Å². The van der Waals surface area contributed by atoms with Crippen molar-refractivity contribution in [1.29, 1.82) is 0 Å². The molecular weight excluding hydrogens is 490 g/mol. The van der Waals surface area contributed by atoms with Crippen LogP contribution >= 0.6 is 11.8 Å². The summed E-state index contributed by atoms with van der Waals surface area (Å²) in [5, 5.41) is 0.603. The van der Waals surface area contributed by atoms with Crippen LogP contribution in [0.15, 0.2) is 69.2 Å². The van der Waals surface area contributed by atoms with E-state index in [9.17, 15) is 9.59 Å². The molecule has 2 unspecified atom stereocenters. The summed E-state index contributed by atoms with van der Waals surface area (Å²) in [5.41, 5.74) is 2.79. The first-order chi connectivity index (χ1) is 18.0. The smallest absolute Gasteiger partial charge is 0.328 e. The average molecular weight is 520 g/mol. The zero-order chi connectivity index (χ0) is 25.5. The van der Waals surface area contributed by atoms with Crippen LogP contribution in [0.3, 0.4) is 0 Å². The molecule has 2 saturated heterocycles. The van der Waals surface area contributed by atoms with E-state index in [2.05, 4.69) is 43.9 Å². The van der Waals surface area contributed by atoms with E-state index >= 15 is 0 Å². The van der Waals surface area contributed by atoms with Crippen molar-refractivity contribution >= 4 is 46.4 Å². The zero-order valence-electron chi connectivity index (χ0n) is 20.9. The predicted octanol–water partition coefficient (Wildman–Crippen LogP) is 2.63. The van der Waals surface area contributed by atoms with Gasteiger partial charge in [0, 0.05) is 58.3 Å². The van der Waals surface area contributed by atoms with Crippen molar-refractivity contribution in [2.75, 3.05) is 57.5 Å². The molecule has 10 nitrogen and oxygen atoms in total. The number of amides is 3. The maximum Gasteiger partial charge on any atom is 0.328 e. The molecule has 2 aromatic carbocycles. The van der Waals surface area contributed by atoms with Gasteiger partial charge in [-0.3, -0.25) is 9.69 Å². The normalized spacial score (nSPS) is 22.2. The Labute approximate surface area is 219 Å². The monoisotopic (exact) mass is 519 g/mol. The Kier molecular flexibility index (Phi) is 6.15. The lowest BCUT2D eigenvalue weighted by atomic mass is 10.1. The maximum atomic E-state index is 13.3. The van der Waals surface area contributed by atoms with E-state index in [0.29, 0.717) is 17.5 Å². The number of aliphatic imine (C=N–C) groups is 1. The highest BCUT2D eigenvalue weighted by molar-refractivity contribution is 7.99. The van der Waals surface area contributed by atoms with Crippen LogP contribution in [0.5, 0.6) is 0 Å². The number of carbonyl (C=O) groups excluding carboxylic acids is 2. The Balaban J connectivity index is 1.20. The minimum absolute atomic E-state index is 0.221. The van der Waals surface area contributed by atoms with Gasteiger partial charge in [-0.25, -0.2) is 14.8 Å². The average Bonchev–Trinajstić information content (AvgIpc) is 3.53. The van der Waals surface area contributed by atoms with Gasteiger partial charge >= 0.3 is 6.03 Å². The Bertz CT molecular complexity index is 1310. The number of oxazole rings is 1. The molecule has 3 amide bonds. The number of benzene rings is 2. The number of hydrogen-bond acceptors (Lipinski definition) is 9. The number of likely N-dealkylation sites (N-methyl/N-ethyl adjacent to an activating group) is 2. The highest BCUT2D eigenvalue weighted by Crippen LogP contribution is 2.30. The minimum atomic E-state index is -0.543. The lowest BCUT2D eigenvalue weighted by Crippen LogP contribution is -2.65. The van der Waals surface area contributed by atoms with E-state index in [1.54, 1.807) is 19.0 Å². The van der Waals surface area contributed by atoms with Gasteiger partial charge in [-0.15, -0.1) is 0 Å². The second-order valence-electron chi connectivity index (χ2n) is 9.38. The molecule has 0 spiro atoms. The Hall–Kier alpha value is -3.73. The van der Waals surface area contributed by atoms with E-state index in [-0.39, 0.29) is 11.9 Å². The number of fused-ring (bicyclic) bond motifs is 2. The molecular formula is C26H29N7O3S. The molecule has 1 aromatic heterocycles. The molecule has 6 rings (SSSR count). The molecule has 11 heteroatoms. The molecule has 0 aliphatic carbocycles. The van der Waals surface area contributed by atoms with E-state index in [1.807, 2.05) is 30.3 Å². The summed E-state index contributed by atoms with van der Waals surface area (Å²) in [5.74, 6) is 1.22. The first-order valence-corrected chi connectivity index (χ1v) is 13.4. The number of urea groups is 1. The number of carbonyl (C=O) groups is 2. The number of guanidine groups is 1. The molecule has 0 saturated carbocycles. The molecule has 2 fully saturated rings. The van der Waals surface area contributed by atoms with E-state index < -0.39 is 12.2 Å². The van der Waals surface area contributed by atoms with Crippen molar-refractivity contribution in [3.63, 3.8) is 0 Å². The Morgan fingerprint density at radius 2 is 1.65 bits per heavy atom. The molecule has 0 bridgehead atoms. The third kappa shape index (κ3) is 4.26. The van der Waals surface area contributed by atoms with Crippen LogP contribution < -0.4 is 4.90 Å². The minimum Gasteiger partial charge on any atom is -0.431 e. The number of nitrogens with zero attached hydrogens (tertiary/aromatic N) is 7. The number of anilines is 1. The van der Waals surface area contributed by atoms with Crippen LogP contribution in [0.25, 0.3) is 11.1 Å². The molecule has 3 aliphatic rings. The summed E-state index contributed by atoms with van der Waals surface area (Å²) < 4.78 is 5.86. The zero-order valence-corrected chi connectivity index (χ0v) is 21.7. The van der Waals surface area contributed by atoms with Gasteiger partial charge in [0.1, 0.15) is 5.52 Å². The van der Waals surface area contributed by atoms with E-state index in [4.69, 9.17) is 9.41 Å². The van der Waals surface area contributed by atoms with Crippen LogP contribution in [0, 0.1) is 0 Å². The van der Waals surface area contributed by atoms with Crippen molar-refractivity contribution in [3.8, 4) is 0 Å². The van der Waals surface area contributed by atoms with Crippen molar-refractivity contribution in [2.24, 2.45) is 4.99 Å². The first-order valence-electron chi connectivity index (χ1n) is 12.4. The van der Waals surface area contributed by atoms with Gasteiger partial charge in [0.25, 0.3) is 11.1 Å². The van der Waals surface area contributed by atoms with Gasteiger partial charge in [-0.1, -0.05) is 42.1 Å². The number of piperazine rings is 1. The highest BCUT2D eigenvalue weighted by atomic mass is 32.2. The topological polar surface area (TPSA) is 88.7 Å². The van der Waals surface area contributed by atoms with Crippen LogP contribution in [-0.4, -0.2) is 107 Å². The fourth-order valence-corrected chi connectivity index (χ4v) is 5.97. The number of hydrogen-bond donors (Lipinski definition) is 0. The molecule has 4 heterocycles. The summed E-state index contributed by atoms with van der Waals surface area (Å²) in [6.45, 7) is 3.84. The summed E-state index contributed by atoms with van der Waals surface area (Å²) in [7, 11) is 3.26. The van der Waals surface area contributed by atoms with Gasteiger partial charge in [0.2, 0.25) is 0 Å². The third-order valence-corrected chi connectivity index (χ3v) is 8.02. The lowest BCUT2D eigenvalue weighted by molar-refractivity contribution is -0.136. The maximum absolute atomic E-state index is 13.3. The number of aromatic nitrogens is 1. The Morgan fingerprint density at radius 3 is 2.41 bits per heavy atom. The van der Waals surface area contributed by atoms with Gasteiger partial charge in [0.15, 0.2) is 23.8 Å². The van der Waals surface area contributed by atoms with Crippen molar-refractivity contribution in [3.05, 3.63) is 54.6 Å². The summed E-state index contributed by atoms with van der Waals surface area (Å²) in [4.78, 5) is 44.9. The van der Waals surface area contributed by atoms with Crippen molar-refractivity contribution < 1.29 is 14.0 Å². The molecule has 0 N–H and O–H groups in total. The van der Waals surface area contributed by atoms with Crippen molar-refractivity contribution in [1.82, 2.24) is 24.6 Å². The van der Waals surface area contributed by atoms with Crippen LogP contribution in [-0.2, 0) is 4.79 Å². The first kappa shape index (κ1) is 23.7. The third-order valence-electron chi connectivity index (χ3n) is 7.21. The largest absolute Gasteiger partial charge is 0.431 e. The number of imide groups is 1. The van der Waals surface area contributed by atoms with Gasteiger partial charge < -0.3 is 24.0 Å². The Morgan fingerprint density at radius 1 is 0.946 bits per heavy atom. The summed E-state index contributed by atoms with van der Waals surface area (Å²) >= 11 is 1.52. The van der Waals surface area contributed by atoms with Crippen LogP contribution in [0.2, 0.25) is 0 Å². The predicted molar refractivity (Wildman–Crippen MR) is 143 cm³/mol. The van der Waals surface area contributed by atoms with E-state index in [0.717, 1.165) is 43.2 Å². The van der Waals surface area contributed by atoms with E-state index in [1.165, 1.54) is 22.3 Å². The molecule has 0 radical (unpaired) electrons. The summed E-state index contributed by atoms with van der Waals surface area (Å²) in [6.07, 6.45) is -0.535. The lowest BCUT2D eigenvalue weighted by Gasteiger charge is -2.42. The molecule has 3 aliphatic heterocycles. The fraction of sp³-hybridized carbons (Fsp3) is 0.385. The second kappa shape index (κ2) is 9.62. The molecule has 192 valence electrons. The fourth-order valence-electron chi connectivity index (χ4n) is 5.20. The van der Waals surface area contributed by atoms with Crippen LogP contribution in [0.4, 0.5) is 10.5 Å². The second-order valence-corrected chi connectivity index (χ2v) is 10.4. The van der Waals surface area contributed by atoms with Gasteiger partial charge in [-0.05, 0) is 24.3 Å². The SMILES string of the molecule is CN1C(=O)C2C(N=C(N3CCN(c4ccccc4)CC3)N2CCSc2nc3ccccc3o2)N(C)C1=O. The van der Waals surface area contributed by atoms with Crippen LogP contribution in [0.1, 0.15) is 0 Å². The quantitative estimate of drug-likeness (QED) is 0.476. The summed E-state index contributed by atoms with van der Waals surface area (Å²) in [6, 6.07) is 17.2. The number of rotatable bonds is 5. The standard InChI is InChI=1S/C26H29N7O3S/c1-29-22-21(23(34)30(2)26(29)35)33(16-17-37-25-27-19-10-6-7-11-20(19)36-25)24(28-22)32-14-12-31(13-15-32)18-8-4-3-5-9-18/h3-11,21-22H,12-17H2,1-2H3. The highest BCUT2D eigenvalue weighted by Gasteiger charge is 2.52. The molecule has 2 atom stereocenters. The molecule has 37 heavy (non-hydrogen) atoms. The molecule has 3 aromatic rings. The van der Waals surface area contributed by atoms with Gasteiger partial charge in [0.05, 0.1) is 0 Å². The van der Waals surface area contributed by atoms with Crippen molar-refractivity contribution in [2.45, 2.75) is 17.4 Å².